The number of nitrogens with zero attached hydrogens (tertiary/aromatic N) is 3. The van der Waals surface area contributed by atoms with E-state index in [4.69, 9.17) is 4.74 Å². The van der Waals surface area contributed by atoms with Crippen LogP contribution < -0.4 is 0 Å². The largest absolute Gasteiger partial charge is 0.504 e. The number of aromatic nitrogens is 3. The maximum absolute atomic E-state index is 11.4. The first-order chi connectivity index (χ1) is 16.6. The Morgan fingerprint density at radius 3 is 2.18 bits per heavy atom. The number of hydrogen-bond donors (Lipinski definition) is 1. The number of ether oxygens (including phenoxy) is 1. The number of cyclic esters (lactones) is 1. The smallest absolute Gasteiger partial charge is 0.340 e. The summed E-state index contributed by atoms with van der Waals surface area (Å²) >= 11 is 0. The molecule has 1 aliphatic heterocycles. The van der Waals surface area contributed by atoms with Crippen molar-refractivity contribution in [1.29, 1.82) is 0 Å². The predicted molar refractivity (Wildman–Crippen MR) is 133 cm³/mol. The molecule has 2 heterocycles. The molecule has 4 rings (SSSR count). The van der Waals surface area contributed by atoms with Crippen molar-refractivity contribution in [3.05, 3.63) is 88.9 Å². The summed E-state index contributed by atoms with van der Waals surface area (Å²) in [5.41, 5.74) is 4.10. The molecule has 0 radical (unpaired) electrons. The van der Waals surface area contributed by atoms with Crippen LogP contribution in [-0.4, -0.2) is 25.8 Å². The summed E-state index contributed by atoms with van der Waals surface area (Å²) in [5.74, 6) is 1.58. The number of esters is 1. The minimum absolute atomic E-state index is 0.151. The van der Waals surface area contributed by atoms with Gasteiger partial charge in [0.25, 0.3) is 0 Å². The number of aryl methyl sites for hydroxylation is 2. The maximum atomic E-state index is 11.4. The van der Waals surface area contributed by atoms with Crippen LogP contribution in [0.2, 0.25) is 0 Å². The van der Waals surface area contributed by atoms with Crippen LogP contribution in [0.25, 0.3) is 17.2 Å². The van der Waals surface area contributed by atoms with Gasteiger partial charge in [-0.1, -0.05) is 75.2 Å². The molecular formula is C28H31N3O3. The summed E-state index contributed by atoms with van der Waals surface area (Å²) < 4.78 is 7.37. The highest BCUT2D eigenvalue weighted by Crippen LogP contribution is 2.29. The Morgan fingerprint density at radius 2 is 1.59 bits per heavy atom. The highest BCUT2D eigenvalue weighted by molar-refractivity contribution is 5.89. The van der Waals surface area contributed by atoms with Crippen molar-refractivity contribution in [2.45, 2.75) is 58.9 Å². The zero-order chi connectivity index (χ0) is 23.9. The van der Waals surface area contributed by atoms with E-state index in [0.717, 1.165) is 79.5 Å². The minimum atomic E-state index is -0.559. The lowest BCUT2D eigenvalue weighted by atomic mass is 9.98. The van der Waals surface area contributed by atoms with Crippen molar-refractivity contribution in [3.8, 4) is 11.1 Å². The third-order valence-corrected chi connectivity index (χ3v) is 5.98. The van der Waals surface area contributed by atoms with Gasteiger partial charge in [-0.25, -0.2) is 4.79 Å². The SMILES string of the molecule is CCCCc1nnc(CCCC)n1Cc1ccc(-c2ccccc2/C=C2\OC(=O)C=C2O)cc1. The number of carbonyl (C=O) groups is 1. The van der Waals surface area contributed by atoms with Crippen LogP contribution in [0.5, 0.6) is 0 Å². The van der Waals surface area contributed by atoms with E-state index in [1.165, 1.54) is 5.56 Å². The second-order valence-electron chi connectivity index (χ2n) is 8.57. The zero-order valence-electron chi connectivity index (χ0n) is 19.8. The average molecular weight is 458 g/mol. The summed E-state index contributed by atoms with van der Waals surface area (Å²) in [4.78, 5) is 11.4. The minimum Gasteiger partial charge on any atom is -0.504 e. The van der Waals surface area contributed by atoms with Crippen molar-refractivity contribution in [2.75, 3.05) is 0 Å². The van der Waals surface area contributed by atoms with Gasteiger partial charge in [0.15, 0.2) is 11.5 Å². The Morgan fingerprint density at radius 1 is 0.941 bits per heavy atom. The highest BCUT2D eigenvalue weighted by Gasteiger charge is 2.19. The molecule has 0 spiro atoms. The van der Waals surface area contributed by atoms with Crippen LogP contribution in [0.1, 0.15) is 62.3 Å². The first-order valence-corrected chi connectivity index (χ1v) is 12.0. The van der Waals surface area contributed by atoms with Crippen molar-refractivity contribution in [2.24, 2.45) is 0 Å². The van der Waals surface area contributed by atoms with Crippen LogP contribution >= 0.6 is 0 Å². The maximum Gasteiger partial charge on any atom is 0.340 e. The summed E-state index contributed by atoms with van der Waals surface area (Å²) in [6, 6.07) is 16.3. The molecular weight excluding hydrogens is 426 g/mol. The van der Waals surface area contributed by atoms with Gasteiger partial charge in [0.05, 0.1) is 12.6 Å². The van der Waals surface area contributed by atoms with Crippen molar-refractivity contribution in [1.82, 2.24) is 14.8 Å². The molecule has 176 valence electrons. The van der Waals surface area contributed by atoms with Crippen LogP contribution in [-0.2, 0) is 28.9 Å². The lowest BCUT2D eigenvalue weighted by Gasteiger charge is -2.12. The van der Waals surface area contributed by atoms with E-state index in [9.17, 15) is 9.90 Å². The number of benzene rings is 2. The van der Waals surface area contributed by atoms with Crippen LogP contribution in [0.4, 0.5) is 0 Å². The summed E-state index contributed by atoms with van der Waals surface area (Å²) in [5, 5.41) is 18.9. The fourth-order valence-electron chi connectivity index (χ4n) is 4.07. The number of aliphatic hydroxyl groups is 1. The fraction of sp³-hybridized carbons (Fsp3) is 0.321. The van der Waals surface area contributed by atoms with E-state index >= 15 is 0 Å². The molecule has 1 aliphatic rings. The van der Waals surface area contributed by atoms with Gasteiger partial charge >= 0.3 is 5.97 Å². The molecule has 6 nitrogen and oxygen atoms in total. The molecule has 6 heteroatoms. The first kappa shape index (κ1) is 23.5. The number of rotatable bonds is 10. The second-order valence-corrected chi connectivity index (χ2v) is 8.57. The van der Waals surface area contributed by atoms with Gasteiger partial charge in [0.2, 0.25) is 0 Å². The third-order valence-electron chi connectivity index (χ3n) is 5.98. The average Bonchev–Trinajstić information content (AvgIpc) is 3.38. The zero-order valence-corrected chi connectivity index (χ0v) is 19.8. The van der Waals surface area contributed by atoms with Crippen molar-refractivity contribution >= 4 is 12.0 Å². The van der Waals surface area contributed by atoms with Gasteiger partial charge in [-0.2, -0.15) is 0 Å². The highest BCUT2D eigenvalue weighted by atomic mass is 16.6. The Hall–Kier alpha value is -3.67. The third kappa shape index (κ3) is 5.45. The molecule has 0 saturated carbocycles. The van der Waals surface area contributed by atoms with Crippen molar-refractivity contribution in [3.63, 3.8) is 0 Å². The normalized spacial score (nSPS) is 14.5. The van der Waals surface area contributed by atoms with Crippen LogP contribution in [0.15, 0.2) is 66.1 Å². The number of aliphatic hydroxyl groups excluding tert-OH is 1. The molecule has 2 aromatic carbocycles. The molecule has 34 heavy (non-hydrogen) atoms. The van der Waals surface area contributed by atoms with E-state index < -0.39 is 5.97 Å². The Bertz CT molecular complexity index is 1180. The van der Waals surface area contributed by atoms with E-state index in [-0.39, 0.29) is 11.5 Å². The van der Waals surface area contributed by atoms with E-state index in [1.54, 1.807) is 6.08 Å². The van der Waals surface area contributed by atoms with Gasteiger partial charge in [-0.3, -0.25) is 0 Å². The molecule has 1 aromatic heterocycles. The van der Waals surface area contributed by atoms with Gasteiger partial charge in [-0.05, 0) is 41.2 Å². The van der Waals surface area contributed by atoms with E-state index in [0.29, 0.717) is 0 Å². The molecule has 0 unspecified atom stereocenters. The predicted octanol–water partition coefficient (Wildman–Crippen LogP) is 6.02. The Balaban J connectivity index is 1.58. The topological polar surface area (TPSA) is 77.2 Å². The molecule has 0 fully saturated rings. The summed E-state index contributed by atoms with van der Waals surface area (Å²) in [6.07, 6.45) is 9.15. The molecule has 3 aromatic rings. The fourth-order valence-corrected chi connectivity index (χ4v) is 4.07. The van der Waals surface area contributed by atoms with E-state index in [2.05, 4.69) is 52.9 Å². The van der Waals surface area contributed by atoms with E-state index in [1.807, 2.05) is 24.3 Å². The van der Waals surface area contributed by atoms with Gasteiger partial charge < -0.3 is 14.4 Å². The number of hydrogen-bond acceptors (Lipinski definition) is 5. The molecule has 0 saturated heterocycles. The van der Waals surface area contributed by atoms with Crippen molar-refractivity contribution < 1.29 is 14.6 Å². The number of unbranched alkanes of at least 4 members (excludes halogenated alkanes) is 2. The first-order valence-electron chi connectivity index (χ1n) is 12.0. The lowest BCUT2D eigenvalue weighted by molar-refractivity contribution is -0.132. The summed E-state index contributed by atoms with van der Waals surface area (Å²) in [7, 11) is 0. The second kappa shape index (κ2) is 11.0. The molecule has 0 bridgehead atoms. The lowest BCUT2D eigenvalue weighted by Crippen LogP contribution is -2.09. The monoisotopic (exact) mass is 457 g/mol. The molecule has 1 N–H and O–H groups in total. The Labute approximate surface area is 200 Å². The quantitative estimate of drug-likeness (QED) is 0.377. The van der Waals surface area contributed by atoms with Crippen LogP contribution in [0.3, 0.4) is 0 Å². The van der Waals surface area contributed by atoms with Gasteiger partial charge in [0.1, 0.15) is 11.6 Å². The number of carbonyl (C=O) groups excluding carboxylic acids is 1. The van der Waals surface area contributed by atoms with Gasteiger partial charge in [-0.15, -0.1) is 10.2 Å². The standard InChI is InChI=1S/C28H31N3O3/c1-3-5-11-26-29-30-27(12-6-4-2)31(26)19-20-13-15-21(16-14-20)23-10-8-7-9-22(23)17-25-24(32)18-28(33)34-25/h7-10,13-18,32H,3-6,11-12,19H2,1-2H3/b25-17-. The Kier molecular flexibility index (Phi) is 7.58. The summed E-state index contributed by atoms with van der Waals surface area (Å²) in [6.45, 7) is 5.14. The van der Waals surface area contributed by atoms with Gasteiger partial charge in [0, 0.05) is 12.8 Å². The van der Waals surface area contributed by atoms with Crippen LogP contribution in [0, 0.1) is 0 Å². The molecule has 0 aliphatic carbocycles. The molecule has 0 atom stereocenters. The molecule has 0 amide bonds.